The number of halogens is 1. The zero-order valence-corrected chi connectivity index (χ0v) is 13.8. The molecule has 130 valence electrons. The van der Waals surface area contributed by atoms with Crippen molar-refractivity contribution in [3.8, 4) is 11.5 Å². The molecule has 5 nitrogen and oxygen atoms in total. The third kappa shape index (κ3) is 4.91. The fourth-order valence-electron chi connectivity index (χ4n) is 2.06. The summed E-state index contributed by atoms with van der Waals surface area (Å²) >= 11 is 0. The van der Waals surface area contributed by atoms with Crippen molar-refractivity contribution in [3.05, 3.63) is 65.5 Å². The number of hydrogen-bond acceptors (Lipinski definition) is 5. The van der Waals surface area contributed by atoms with Crippen LogP contribution in [0.1, 0.15) is 15.9 Å². The van der Waals surface area contributed by atoms with E-state index in [9.17, 15) is 14.0 Å². The fraction of sp³-hybridized carbons (Fsp3) is 0.158. The molecule has 0 saturated heterocycles. The van der Waals surface area contributed by atoms with Gasteiger partial charge in [-0.05, 0) is 30.3 Å². The Morgan fingerprint density at radius 2 is 1.84 bits per heavy atom. The summed E-state index contributed by atoms with van der Waals surface area (Å²) in [6.45, 7) is -0.538. The van der Waals surface area contributed by atoms with E-state index in [1.807, 2.05) is 0 Å². The Labute approximate surface area is 144 Å². The lowest BCUT2D eigenvalue weighted by atomic mass is 10.1. The second-order valence-corrected chi connectivity index (χ2v) is 4.95. The maximum Gasteiger partial charge on any atom is 0.331 e. The van der Waals surface area contributed by atoms with Crippen LogP contribution in [0.25, 0.3) is 6.08 Å². The minimum absolute atomic E-state index is 0.115. The van der Waals surface area contributed by atoms with Gasteiger partial charge in [-0.1, -0.05) is 12.1 Å². The molecular formula is C19H17FO5. The highest BCUT2D eigenvalue weighted by atomic mass is 19.1. The van der Waals surface area contributed by atoms with Crippen molar-refractivity contribution in [2.75, 3.05) is 20.8 Å². The number of ketones is 1. The Kier molecular flexibility index (Phi) is 6.28. The predicted molar refractivity (Wildman–Crippen MR) is 90.3 cm³/mol. The molecule has 0 radical (unpaired) electrons. The lowest BCUT2D eigenvalue weighted by molar-refractivity contribution is -0.136. The molecule has 0 atom stereocenters. The zero-order valence-electron chi connectivity index (χ0n) is 13.8. The molecule has 0 aliphatic heterocycles. The highest BCUT2D eigenvalue weighted by Gasteiger charge is 2.12. The zero-order chi connectivity index (χ0) is 18.2. The number of carbonyl (C=O) groups is 2. The van der Waals surface area contributed by atoms with E-state index in [1.165, 1.54) is 50.6 Å². The van der Waals surface area contributed by atoms with Gasteiger partial charge in [-0.3, -0.25) is 4.79 Å². The van der Waals surface area contributed by atoms with Crippen LogP contribution in [-0.2, 0) is 9.53 Å². The van der Waals surface area contributed by atoms with Crippen molar-refractivity contribution in [3.63, 3.8) is 0 Å². The predicted octanol–water partition coefficient (Wildman–Crippen LogP) is 3.28. The summed E-state index contributed by atoms with van der Waals surface area (Å²) in [6, 6.07) is 10.6. The maximum atomic E-state index is 13.5. The van der Waals surface area contributed by atoms with Crippen molar-refractivity contribution in [2.24, 2.45) is 0 Å². The van der Waals surface area contributed by atoms with Crippen LogP contribution in [0.5, 0.6) is 11.5 Å². The van der Waals surface area contributed by atoms with E-state index in [4.69, 9.17) is 14.2 Å². The van der Waals surface area contributed by atoms with Gasteiger partial charge in [-0.2, -0.15) is 0 Å². The lowest BCUT2D eigenvalue weighted by Gasteiger charge is -2.07. The number of carbonyl (C=O) groups excluding carboxylic acids is 2. The molecule has 25 heavy (non-hydrogen) atoms. The molecule has 6 heteroatoms. The Balaban J connectivity index is 1.97. The third-order valence-corrected chi connectivity index (χ3v) is 3.36. The van der Waals surface area contributed by atoms with E-state index < -0.39 is 24.2 Å². The summed E-state index contributed by atoms with van der Waals surface area (Å²) in [5.41, 5.74) is 0.525. The van der Waals surface area contributed by atoms with E-state index in [1.54, 1.807) is 18.2 Å². The third-order valence-electron chi connectivity index (χ3n) is 3.36. The highest BCUT2D eigenvalue weighted by Crippen LogP contribution is 2.25. The normalized spacial score (nSPS) is 10.5. The van der Waals surface area contributed by atoms with Crippen LogP contribution < -0.4 is 9.47 Å². The van der Waals surface area contributed by atoms with Crippen LogP contribution in [0.15, 0.2) is 48.5 Å². The van der Waals surface area contributed by atoms with Crippen molar-refractivity contribution < 1.29 is 28.2 Å². The van der Waals surface area contributed by atoms with Crippen molar-refractivity contribution in [1.82, 2.24) is 0 Å². The minimum atomic E-state index is -0.720. The molecule has 0 N–H and O–H groups in total. The van der Waals surface area contributed by atoms with Crippen molar-refractivity contribution >= 4 is 17.8 Å². The van der Waals surface area contributed by atoms with Crippen LogP contribution in [-0.4, -0.2) is 32.6 Å². The summed E-state index contributed by atoms with van der Waals surface area (Å²) in [4.78, 5) is 23.6. The van der Waals surface area contributed by atoms with Gasteiger partial charge in [0.2, 0.25) is 5.78 Å². The van der Waals surface area contributed by atoms with Gasteiger partial charge < -0.3 is 14.2 Å². The number of hydrogen-bond donors (Lipinski definition) is 0. The second-order valence-electron chi connectivity index (χ2n) is 4.95. The number of Topliss-reactive ketones (excluding diaryl/α,β-unsaturated/α-hetero) is 1. The largest absolute Gasteiger partial charge is 0.497 e. The Hall–Kier alpha value is -3.15. The maximum absolute atomic E-state index is 13.5. The van der Waals surface area contributed by atoms with Gasteiger partial charge >= 0.3 is 5.97 Å². The minimum Gasteiger partial charge on any atom is -0.497 e. The molecule has 2 aromatic carbocycles. The smallest absolute Gasteiger partial charge is 0.331 e. The molecule has 0 heterocycles. The van der Waals surface area contributed by atoms with Crippen LogP contribution in [0, 0.1) is 5.82 Å². The summed E-state index contributed by atoms with van der Waals surface area (Å²) in [6.07, 6.45) is 2.66. The number of methoxy groups -OCH3 is 2. The average molecular weight is 344 g/mol. The van der Waals surface area contributed by atoms with Crippen molar-refractivity contribution in [2.45, 2.75) is 0 Å². The molecule has 0 fully saturated rings. The highest BCUT2D eigenvalue weighted by molar-refractivity contribution is 5.99. The molecule has 0 aliphatic rings. The molecule has 0 bridgehead atoms. The van der Waals surface area contributed by atoms with E-state index in [0.717, 1.165) is 0 Å². The first-order valence-electron chi connectivity index (χ1n) is 7.39. The number of rotatable bonds is 7. The van der Waals surface area contributed by atoms with Gasteiger partial charge in [-0.25, -0.2) is 9.18 Å². The Bertz CT molecular complexity index is 798. The molecule has 0 amide bonds. The summed E-state index contributed by atoms with van der Waals surface area (Å²) in [5.74, 6) is -0.843. The first-order chi connectivity index (χ1) is 12.0. The van der Waals surface area contributed by atoms with Gasteiger partial charge in [0.15, 0.2) is 6.61 Å². The summed E-state index contributed by atoms with van der Waals surface area (Å²) < 4.78 is 28.6. The first kappa shape index (κ1) is 18.2. The number of ether oxygens (including phenoxy) is 3. The first-order valence-corrected chi connectivity index (χ1v) is 7.39. The lowest BCUT2D eigenvalue weighted by Crippen LogP contribution is -2.13. The molecular weight excluding hydrogens is 327 g/mol. The molecule has 2 aromatic rings. The van der Waals surface area contributed by atoms with Gasteiger partial charge in [0.25, 0.3) is 0 Å². The Morgan fingerprint density at radius 1 is 1.08 bits per heavy atom. The van der Waals surface area contributed by atoms with Gasteiger partial charge in [0.1, 0.15) is 17.3 Å². The monoisotopic (exact) mass is 344 g/mol. The van der Waals surface area contributed by atoms with Gasteiger partial charge in [0.05, 0.1) is 19.8 Å². The standard InChI is InChI=1S/C19H17FO5/c1-23-14-9-7-13(18(11-14)24-2)8-10-19(22)25-12-17(21)15-5-3-4-6-16(15)20/h3-11H,12H2,1-2H3/b10-8+. The Morgan fingerprint density at radius 3 is 2.52 bits per heavy atom. The van der Waals surface area contributed by atoms with Gasteiger partial charge in [-0.15, -0.1) is 0 Å². The topological polar surface area (TPSA) is 61.8 Å². The summed E-state index contributed by atoms with van der Waals surface area (Å²) in [5, 5.41) is 0. The van der Waals surface area contributed by atoms with E-state index in [0.29, 0.717) is 17.1 Å². The molecule has 2 rings (SSSR count). The second kappa shape index (κ2) is 8.63. The number of benzene rings is 2. The van der Waals surface area contributed by atoms with E-state index in [2.05, 4.69) is 0 Å². The molecule has 0 unspecified atom stereocenters. The van der Waals surface area contributed by atoms with Gasteiger partial charge in [0, 0.05) is 17.7 Å². The molecule has 0 aliphatic carbocycles. The molecule has 0 saturated carbocycles. The van der Waals surface area contributed by atoms with Crippen LogP contribution >= 0.6 is 0 Å². The average Bonchev–Trinajstić information content (AvgIpc) is 2.64. The fourth-order valence-corrected chi connectivity index (χ4v) is 2.06. The van der Waals surface area contributed by atoms with Crippen molar-refractivity contribution in [1.29, 1.82) is 0 Å². The number of esters is 1. The van der Waals surface area contributed by atoms with Crippen LogP contribution in [0.3, 0.4) is 0 Å². The summed E-state index contributed by atoms with van der Waals surface area (Å²) in [7, 11) is 3.03. The van der Waals surface area contributed by atoms with E-state index in [-0.39, 0.29) is 5.56 Å². The van der Waals surface area contributed by atoms with E-state index >= 15 is 0 Å². The molecule has 0 spiro atoms. The van der Waals surface area contributed by atoms with Crippen LogP contribution in [0.4, 0.5) is 4.39 Å². The SMILES string of the molecule is COc1ccc(/C=C/C(=O)OCC(=O)c2ccccc2F)c(OC)c1. The molecule has 0 aromatic heterocycles. The quantitative estimate of drug-likeness (QED) is 0.438. The van der Waals surface area contributed by atoms with Crippen LogP contribution in [0.2, 0.25) is 0 Å².